The number of ether oxygens (including phenoxy) is 1. The fraction of sp³-hybridized carbons (Fsp3) is 0.235. The zero-order valence-electron chi connectivity index (χ0n) is 12.1. The largest absolute Gasteiger partial charge is 0.456 e. The van der Waals surface area contributed by atoms with E-state index in [4.69, 9.17) is 27.9 Å². The summed E-state index contributed by atoms with van der Waals surface area (Å²) in [7, 11) is 0. The van der Waals surface area contributed by atoms with Crippen LogP contribution in [-0.2, 0) is 0 Å². The highest BCUT2D eigenvalue weighted by Gasteiger charge is 2.12. The highest BCUT2D eigenvalue weighted by molar-refractivity contribution is 6.31. The number of aryl methyl sites for hydroxylation is 1. The van der Waals surface area contributed by atoms with Crippen LogP contribution >= 0.6 is 23.2 Å². The Kier molecular flexibility index (Phi) is 4.92. The van der Waals surface area contributed by atoms with E-state index in [1.807, 2.05) is 19.1 Å². The molecule has 2 aromatic rings. The van der Waals surface area contributed by atoms with Crippen molar-refractivity contribution in [2.24, 2.45) is 0 Å². The summed E-state index contributed by atoms with van der Waals surface area (Å²) in [6.45, 7) is 6.06. The van der Waals surface area contributed by atoms with Crippen molar-refractivity contribution >= 4 is 29.5 Å². The lowest BCUT2D eigenvalue weighted by molar-refractivity contribution is 0.112. The lowest BCUT2D eigenvalue weighted by Crippen LogP contribution is -1.96. The molecule has 2 nitrogen and oxygen atoms in total. The Morgan fingerprint density at radius 3 is 2.43 bits per heavy atom. The van der Waals surface area contributed by atoms with E-state index < -0.39 is 0 Å². The average Bonchev–Trinajstić information content (AvgIpc) is 2.42. The standard InChI is InChI=1S/C17H16Cl2O2/c1-10(2)14-8-17(11(3)6-15(14)19)21-16-5-4-13(18)7-12(16)9-20/h4-10H,1-3H3. The molecule has 0 aliphatic rings. The zero-order chi connectivity index (χ0) is 15.6. The van der Waals surface area contributed by atoms with Gasteiger partial charge in [-0.3, -0.25) is 4.79 Å². The van der Waals surface area contributed by atoms with Crippen LogP contribution in [0.15, 0.2) is 30.3 Å². The second-order valence-electron chi connectivity index (χ2n) is 5.20. The highest BCUT2D eigenvalue weighted by atomic mass is 35.5. The minimum atomic E-state index is 0.288. The molecule has 0 bridgehead atoms. The van der Waals surface area contributed by atoms with E-state index in [-0.39, 0.29) is 5.92 Å². The normalized spacial score (nSPS) is 10.8. The topological polar surface area (TPSA) is 26.3 Å². The second-order valence-corrected chi connectivity index (χ2v) is 6.04. The summed E-state index contributed by atoms with van der Waals surface area (Å²) in [5.41, 5.74) is 2.35. The summed E-state index contributed by atoms with van der Waals surface area (Å²) in [5, 5.41) is 1.22. The summed E-state index contributed by atoms with van der Waals surface area (Å²) in [6.07, 6.45) is 0.732. The van der Waals surface area contributed by atoms with Gasteiger partial charge >= 0.3 is 0 Å². The molecule has 0 aromatic heterocycles. The van der Waals surface area contributed by atoms with Gasteiger partial charge in [-0.25, -0.2) is 0 Å². The Labute approximate surface area is 134 Å². The van der Waals surface area contributed by atoms with Crippen molar-refractivity contribution in [1.29, 1.82) is 0 Å². The summed E-state index contributed by atoms with van der Waals surface area (Å²) in [5.74, 6) is 1.46. The molecule has 0 aliphatic heterocycles. The van der Waals surface area contributed by atoms with Crippen LogP contribution in [-0.4, -0.2) is 6.29 Å². The predicted octanol–water partition coefficient (Wildman–Crippen LogP) is 6.03. The number of hydrogen-bond donors (Lipinski definition) is 0. The lowest BCUT2D eigenvalue weighted by atomic mass is 10.0. The number of carbonyl (C=O) groups is 1. The van der Waals surface area contributed by atoms with E-state index in [0.29, 0.717) is 22.1 Å². The Bertz CT molecular complexity index is 679. The predicted molar refractivity (Wildman–Crippen MR) is 87.2 cm³/mol. The summed E-state index contributed by atoms with van der Waals surface area (Å²) >= 11 is 12.1. The van der Waals surface area contributed by atoms with Gasteiger partial charge in [0, 0.05) is 10.0 Å². The van der Waals surface area contributed by atoms with Gasteiger partial charge in [0.05, 0.1) is 5.56 Å². The van der Waals surface area contributed by atoms with E-state index in [1.165, 1.54) is 0 Å². The number of aldehydes is 1. The Balaban J connectivity index is 2.44. The SMILES string of the molecule is Cc1cc(Cl)c(C(C)C)cc1Oc1ccc(Cl)cc1C=O. The van der Waals surface area contributed by atoms with Gasteiger partial charge in [0.1, 0.15) is 11.5 Å². The Hall–Kier alpha value is -1.51. The Morgan fingerprint density at radius 1 is 1.10 bits per heavy atom. The maximum Gasteiger partial charge on any atom is 0.153 e. The number of rotatable bonds is 4. The molecule has 0 N–H and O–H groups in total. The molecule has 0 aliphatic carbocycles. The first kappa shape index (κ1) is 15.9. The van der Waals surface area contributed by atoms with Crippen molar-refractivity contribution in [1.82, 2.24) is 0 Å². The van der Waals surface area contributed by atoms with Crippen LogP contribution in [0, 0.1) is 6.92 Å². The molecule has 110 valence electrons. The first-order valence-corrected chi connectivity index (χ1v) is 7.40. The number of carbonyl (C=O) groups excluding carboxylic acids is 1. The maximum absolute atomic E-state index is 11.1. The molecule has 0 heterocycles. The fourth-order valence-electron chi connectivity index (χ4n) is 2.04. The average molecular weight is 323 g/mol. The molecule has 2 aromatic carbocycles. The molecule has 0 unspecified atom stereocenters. The van der Waals surface area contributed by atoms with Crippen LogP contribution in [0.1, 0.15) is 41.3 Å². The smallest absolute Gasteiger partial charge is 0.153 e. The van der Waals surface area contributed by atoms with Gasteiger partial charge in [0.2, 0.25) is 0 Å². The van der Waals surface area contributed by atoms with E-state index in [1.54, 1.807) is 18.2 Å². The van der Waals surface area contributed by atoms with Crippen LogP contribution in [0.3, 0.4) is 0 Å². The quantitative estimate of drug-likeness (QED) is 0.642. The fourth-order valence-corrected chi connectivity index (χ4v) is 2.66. The van der Waals surface area contributed by atoms with Crippen LogP contribution in [0.2, 0.25) is 10.0 Å². The van der Waals surface area contributed by atoms with Crippen molar-refractivity contribution in [3.63, 3.8) is 0 Å². The molecule has 2 rings (SSSR count). The minimum absolute atomic E-state index is 0.288. The number of benzene rings is 2. The molecule has 0 atom stereocenters. The van der Waals surface area contributed by atoms with Gasteiger partial charge in [0.25, 0.3) is 0 Å². The second kappa shape index (κ2) is 6.50. The first-order valence-electron chi connectivity index (χ1n) is 6.65. The van der Waals surface area contributed by atoms with Crippen molar-refractivity contribution < 1.29 is 9.53 Å². The van der Waals surface area contributed by atoms with Crippen LogP contribution in [0.4, 0.5) is 0 Å². The summed E-state index contributed by atoms with van der Waals surface area (Å²) in [6, 6.07) is 8.76. The van der Waals surface area contributed by atoms with Gasteiger partial charge in [-0.2, -0.15) is 0 Å². The lowest BCUT2D eigenvalue weighted by Gasteiger charge is -2.15. The van der Waals surface area contributed by atoms with Gasteiger partial charge in [0.15, 0.2) is 6.29 Å². The molecule has 4 heteroatoms. The molecule has 0 fully saturated rings. The molecular formula is C17H16Cl2O2. The third-order valence-electron chi connectivity index (χ3n) is 3.23. The molecule has 0 saturated heterocycles. The molecule has 0 radical (unpaired) electrons. The number of halogens is 2. The van der Waals surface area contributed by atoms with Gasteiger partial charge in [-0.1, -0.05) is 37.0 Å². The molecule has 0 saturated carbocycles. The number of hydrogen-bond acceptors (Lipinski definition) is 2. The third-order valence-corrected chi connectivity index (χ3v) is 3.80. The zero-order valence-corrected chi connectivity index (χ0v) is 13.6. The van der Waals surface area contributed by atoms with Crippen LogP contribution < -0.4 is 4.74 Å². The van der Waals surface area contributed by atoms with Crippen molar-refractivity contribution in [3.8, 4) is 11.5 Å². The summed E-state index contributed by atoms with van der Waals surface area (Å²) in [4.78, 5) is 11.1. The van der Waals surface area contributed by atoms with Gasteiger partial charge < -0.3 is 4.74 Å². The first-order chi connectivity index (χ1) is 9.92. The van der Waals surface area contributed by atoms with Crippen LogP contribution in [0.5, 0.6) is 11.5 Å². The maximum atomic E-state index is 11.1. The third kappa shape index (κ3) is 3.58. The minimum Gasteiger partial charge on any atom is -0.456 e. The molecule has 0 amide bonds. The van der Waals surface area contributed by atoms with E-state index >= 15 is 0 Å². The van der Waals surface area contributed by atoms with Crippen molar-refractivity contribution in [3.05, 3.63) is 57.1 Å². The van der Waals surface area contributed by atoms with E-state index in [0.717, 1.165) is 22.4 Å². The van der Waals surface area contributed by atoms with Gasteiger partial charge in [-0.15, -0.1) is 0 Å². The highest BCUT2D eigenvalue weighted by Crippen LogP contribution is 2.35. The molecule has 0 spiro atoms. The molecular weight excluding hydrogens is 307 g/mol. The van der Waals surface area contributed by atoms with Gasteiger partial charge in [-0.05, 0) is 54.3 Å². The monoisotopic (exact) mass is 322 g/mol. The van der Waals surface area contributed by atoms with Crippen LogP contribution in [0.25, 0.3) is 0 Å². The molecule has 21 heavy (non-hydrogen) atoms. The van der Waals surface area contributed by atoms with Crippen molar-refractivity contribution in [2.75, 3.05) is 0 Å². The summed E-state index contributed by atoms with van der Waals surface area (Å²) < 4.78 is 5.88. The van der Waals surface area contributed by atoms with Crippen molar-refractivity contribution in [2.45, 2.75) is 26.7 Å². The van der Waals surface area contributed by atoms with E-state index in [2.05, 4.69) is 13.8 Å². The Morgan fingerprint density at radius 2 is 1.81 bits per heavy atom. The van der Waals surface area contributed by atoms with E-state index in [9.17, 15) is 4.79 Å².